The quantitative estimate of drug-likeness (QED) is 0.642. The van der Waals surface area contributed by atoms with E-state index >= 15 is 0 Å². The number of hydrogen-bond donors (Lipinski definition) is 2. The van der Waals surface area contributed by atoms with Gasteiger partial charge in [0.2, 0.25) is 0 Å². The Hall–Kier alpha value is -2.26. The molecule has 2 N–H and O–H groups in total. The number of nitrogens with zero attached hydrogens (tertiary/aromatic N) is 2. The van der Waals surface area contributed by atoms with Gasteiger partial charge in [-0.25, -0.2) is 4.79 Å². The van der Waals surface area contributed by atoms with Crippen molar-refractivity contribution >= 4 is 16.1 Å². The second kappa shape index (κ2) is 5.62. The Labute approximate surface area is 120 Å². The Morgan fingerprint density at radius 2 is 2.10 bits per heavy atom. The number of aromatic nitrogens is 3. The van der Waals surface area contributed by atoms with Crippen LogP contribution in [0.4, 0.5) is 0 Å². The molecule has 0 fully saturated rings. The van der Waals surface area contributed by atoms with Crippen molar-refractivity contribution in [3.8, 4) is 11.3 Å². The van der Waals surface area contributed by atoms with Gasteiger partial charge in [0.05, 0.1) is 11.5 Å². The first-order chi connectivity index (χ1) is 9.84. The van der Waals surface area contributed by atoms with Gasteiger partial charge in [0.25, 0.3) is 10.1 Å². The molecular formula is C12H13N3O5S. The van der Waals surface area contributed by atoms with Crippen LogP contribution >= 0.6 is 0 Å². The molecule has 0 aliphatic heterocycles. The van der Waals surface area contributed by atoms with Crippen LogP contribution in [-0.4, -0.2) is 41.0 Å². The van der Waals surface area contributed by atoms with Crippen LogP contribution < -0.4 is 0 Å². The highest BCUT2D eigenvalue weighted by Crippen LogP contribution is 2.25. The summed E-state index contributed by atoms with van der Waals surface area (Å²) in [6.07, 6.45) is 0. The zero-order valence-corrected chi connectivity index (χ0v) is 12.1. The first-order valence-corrected chi connectivity index (χ1v) is 7.45. The maximum absolute atomic E-state index is 11.7. The fourth-order valence-electron chi connectivity index (χ4n) is 1.80. The number of hydrogen-bond acceptors (Lipinski definition) is 6. The van der Waals surface area contributed by atoms with Gasteiger partial charge in [0.1, 0.15) is 5.69 Å². The van der Waals surface area contributed by atoms with E-state index in [0.717, 1.165) is 0 Å². The monoisotopic (exact) mass is 311 g/mol. The van der Waals surface area contributed by atoms with Crippen LogP contribution in [0.15, 0.2) is 23.1 Å². The number of nitrogens with one attached hydrogen (secondary N) is 1. The van der Waals surface area contributed by atoms with E-state index in [1.54, 1.807) is 19.9 Å². The predicted octanol–water partition coefficient (Wildman–Crippen LogP) is 1.20. The van der Waals surface area contributed by atoms with Crippen molar-refractivity contribution in [2.24, 2.45) is 0 Å². The van der Waals surface area contributed by atoms with Gasteiger partial charge in [0.15, 0.2) is 5.69 Å². The molecule has 0 amide bonds. The van der Waals surface area contributed by atoms with E-state index in [-0.39, 0.29) is 22.9 Å². The summed E-state index contributed by atoms with van der Waals surface area (Å²) in [7, 11) is -4.36. The highest BCUT2D eigenvalue weighted by molar-refractivity contribution is 7.85. The maximum atomic E-state index is 11.7. The van der Waals surface area contributed by atoms with Crippen LogP contribution in [0.1, 0.15) is 23.0 Å². The molecule has 1 aromatic carbocycles. The molecule has 8 nitrogen and oxygen atoms in total. The van der Waals surface area contributed by atoms with Crippen molar-refractivity contribution < 1.29 is 22.5 Å². The normalized spacial score (nSPS) is 11.4. The van der Waals surface area contributed by atoms with Crippen LogP contribution in [0.2, 0.25) is 0 Å². The zero-order valence-electron chi connectivity index (χ0n) is 11.3. The molecule has 0 aliphatic carbocycles. The average molecular weight is 311 g/mol. The van der Waals surface area contributed by atoms with Gasteiger partial charge in [-0.3, -0.25) is 4.55 Å². The predicted molar refractivity (Wildman–Crippen MR) is 72.3 cm³/mol. The van der Waals surface area contributed by atoms with Gasteiger partial charge in [-0.15, -0.1) is 5.10 Å². The summed E-state index contributed by atoms with van der Waals surface area (Å²) in [4.78, 5) is 11.5. The number of carbonyl (C=O) groups is 1. The van der Waals surface area contributed by atoms with Gasteiger partial charge in [-0.1, -0.05) is 12.1 Å². The molecule has 0 saturated heterocycles. The SMILES string of the molecule is CCOC(=O)c1n[nH]nc1-c1ccc(C)c(S(=O)(=O)O)c1. The minimum absolute atomic E-state index is 0.0537. The number of carbonyl (C=O) groups excluding carboxylic acids is 1. The Kier molecular flexibility index (Phi) is 4.05. The molecule has 21 heavy (non-hydrogen) atoms. The number of rotatable bonds is 4. The summed E-state index contributed by atoms with van der Waals surface area (Å²) in [6, 6.07) is 4.30. The van der Waals surface area contributed by atoms with Gasteiger partial charge in [-0.05, 0) is 25.5 Å². The molecule has 0 saturated carbocycles. The second-order valence-electron chi connectivity index (χ2n) is 4.20. The van der Waals surface area contributed by atoms with Crippen molar-refractivity contribution in [2.45, 2.75) is 18.7 Å². The van der Waals surface area contributed by atoms with Gasteiger partial charge >= 0.3 is 5.97 Å². The fourth-order valence-corrected chi connectivity index (χ4v) is 2.55. The lowest BCUT2D eigenvalue weighted by Gasteiger charge is -2.05. The Morgan fingerprint density at radius 1 is 1.38 bits per heavy atom. The molecular weight excluding hydrogens is 298 g/mol. The van der Waals surface area contributed by atoms with E-state index in [0.29, 0.717) is 11.1 Å². The molecule has 0 spiro atoms. The third kappa shape index (κ3) is 3.09. The van der Waals surface area contributed by atoms with Crippen molar-refractivity contribution in [1.82, 2.24) is 15.4 Å². The van der Waals surface area contributed by atoms with E-state index < -0.39 is 16.1 Å². The molecule has 112 valence electrons. The number of H-pyrrole nitrogens is 1. The maximum Gasteiger partial charge on any atom is 0.361 e. The standard InChI is InChI=1S/C12H13N3O5S/c1-3-20-12(16)11-10(13-15-14-11)8-5-4-7(2)9(6-8)21(17,18)19/h4-6H,3H2,1-2H3,(H,13,14,15)(H,17,18,19). The number of benzene rings is 1. The number of aryl methyl sites for hydroxylation is 1. The third-order valence-electron chi connectivity index (χ3n) is 2.76. The molecule has 2 rings (SSSR count). The van der Waals surface area contributed by atoms with Crippen molar-refractivity contribution in [3.05, 3.63) is 29.5 Å². The first kappa shape index (κ1) is 15.1. The van der Waals surface area contributed by atoms with E-state index in [2.05, 4.69) is 15.4 Å². The van der Waals surface area contributed by atoms with Crippen molar-refractivity contribution in [1.29, 1.82) is 0 Å². The molecule has 0 bridgehead atoms. The topological polar surface area (TPSA) is 122 Å². The third-order valence-corrected chi connectivity index (χ3v) is 3.75. The Morgan fingerprint density at radius 3 is 2.71 bits per heavy atom. The largest absolute Gasteiger partial charge is 0.461 e. The van der Waals surface area contributed by atoms with Crippen LogP contribution in [0, 0.1) is 6.92 Å². The van der Waals surface area contributed by atoms with E-state index in [9.17, 15) is 17.8 Å². The average Bonchev–Trinajstić information content (AvgIpc) is 2.87. The van der Waals surface area contributed by atoms with Gasteiger partial charge in [0, 0.05) is 5.56 Å². The van der Waals surface area contributed by atoms with Gasteiger partial charge in [-0.2, -0.15) is 18.7 Å². The van der Waals surface area contributed by atoms with E-state index in [1.165, 1.54) is 12.1 Å². The Bertz CT molecular complexity index is 782. The summed E-state index contributed by atoms with van der Waals surface area (Å²) in [5, 5.41) is 9.83. The van der Waals surface area contributed by atoms with E-state index in [4.69, 9.17) is 4.74 Å². The van der Waals surface area contributed by atoms with Gasteiger partial charge < -0.3 is 4.74 Å². The summed E-state index contributed by atoms with van der Waals surface area (Å²) < 4.78 is 36.7. The van der Waals surface area contributed by atoms with E-state index in [1.807, 2.05) is 0 Å². The highest BCUT2D eigenvalue weighted by atomic mass is 32.2. The zero-order chi connectivity index (χ0) is 15.6. The molecule has 1 aromatic heterocycles. The van der Waals surface area contributed by atoms with Crippen molar-refractivity contribution in [3.63, 3.8) is 0 Å². The summed E-state index contributed by atoms with van der Waals surface area (Å²) in [5.41, 5.74) is 0.799. The van der Waals surface area contributed by atoms with Crippen LogP contribution in [0.25, 0.3) is 11.3 Å². The number of esters is 1. The summed E-state index contributed by atoms with van der Waals surface area (Å²) in [5.74, 6) is -0.671. The molecule has 0 radical (unpaired) electrons. The molecule has 0 atom stereocenters. The van der Waals surface area contributed by atoms with Crippen molar-refractivity contribution in [2.75, 3.05) is 6.61 Å². The van der Waals surface area contributed by atoms with Crippen LogP contribution in [0.3, 0.4) is 0 Å². The fraction of sp³-hybridized carbons (Fsp3) is 0.250. The molecule has 2 aromatic rings. The molecule has 0 unspecified atom stereocenters. The summed E-state index contributed by atoms with van der Waals surface area (Å²) >= 11 is 0. The minimum atomic E-state index is -4.36. The number of ether oxygens (including phenoxy) is 1. The molecule has 1 heterocycles. The minimum Gasteiger partial charge on any atom is -0.461 e. The highest BCUT2D eigenvalue weighted by Gasteiger charge is 2.21. The van der Waals surface area contributed by atoms with Crippen LogP contribution in [-0.2, 0) is 14.9 Å². The molecule has 0 aliphatic rings. The molecule has 9 heteroatoms. The number of aromatic amines is 1. The lowest BCUT2D eigenvalue weighted by molar-refractivity contribution is 0.0520. The summed E-state index contributed by atoms with van der Waals surface area (Å²) in [6.45, 7) is 3.37. The lowest BCUT2D eigenvalue weighted by Crippen LogP contribution is -2.07. The second-order valence-corrected chi connectivity index (χ2v) is 5.59. The smallest absolute Gasteiger partial charge is 0.361 e. The first-order valence-electron chi connectivity index (χ1n) is 6.01. The van der Waals surface area contributed by atoms with Crippen LogP contribution in [0.5, 0.6) is 0 Å². The Balaban J connectivity index is 2.54. The lowest BCUT2D eigenvalue weighted by atomic mass is 10.1.